The third-order valence-electron chi connectivity index (χ3n) is 2.48. The molecule has 0 aromatic carbocycles. The van der Waals surface area contributed by atoms with Crippen LogP contribution in [-0.2, 0) is 4.79 Å². The lowest BCUT2D eigenvalue weighted by Gasteiger charge is -2.06. The Morgan fingerprint density at radius 2 is 2.27 bits per heavy atom. The number of carbonyl (C=O) groups is 1. The van der Waals surface area contributed by atoms with Gasteiger partial charge in [0.1, 0.15) is 0 Å². The molecule has 0 aromatic rings. The lowest BCUT2D eigenvalue weighted by atomic mass is 10.1. The van der Waals surface area contributed by atoms with Gasteiger partial charge in [0.15, 0.2) is 5.78 Å². The molecule has 1 rings (SSSR count). The van der Waals surface area contributed by atoms with E-state index in [1.165, 1.54) is 11.9 Å². The first-order chi connectivity index (χ1) is 7.24. The quantitative estimate of drug-likeness (QED) is 0.391. The second-order valence-corrected chi connectivity index (χ2v) is 5.21. The zero-order valence-corrected chi connectivity index (χ0v) is 10.7. The lowest BCUT2D eigenvalue weighted by Crippen LogP contribution is -2.10. The highest BCUT2D eigenvalue weighted by Crippen LogP contribution is 2.18. The van der Waals surface area contributed by atoms with Crippen molar-refractivity contribution in [1.82, 2.24) is 0 Å². The largest absolute Gasteiger partial charge is 0.292 e. The molecular formula is C11H18ClNOS. The SMILES string of the molecule is CCCC(Cl)CCCCC1=NSCC1=O. The van der Waals surface area contributed by atoms with Gasteiger partial charge in [0, 0.05) is 5.38 Å². The zero-order valence-electron chi connectivity index (χ0n) is 9.17. The second kappa shape index (κ2) is 7.29. The Balaban J connectivity index is 2.04. The van der Waals surface area contributed by atoms with Crippen molar-refractivity contribution in [2.45, 2.75) is 50.8 Å². The summed E-state index contributed by atoms with van der Waals surface area (Å²) >= 11 is 7.48. The molecule has 1 heterocycles. The van der Waals surface area contributed by atoms with Gasteiger partial charge in [-0.2, -0.15) is 0 Å². The molecule has 1 aliphatic rings. The van der Waals surface area contributed by atoms with Crippen molar-refractivity contribution in [2.24, 2.45) is 4.40 Å². The molecule has 0 aliphatic carbocycles. The van der Waals surface area contributed by atoms with Crippen molar-refractivity contribution in [3.63, 3.8) is 0 Å². The summed E-state index contributed by atoms with van der Waals surface area (Å²) in [7, 11) is 0. The number of ketones is 1. The van der Waals surface area contributed by atoms with Crippen LogP contribution in [-0.4, -0.2) is 22.6 Å². The van der Waals surface area contributed by atoms with Crippen LogP contribution >= 0.6 is 23.5 Å². The Bertz CT molecular complexity index is 243. The average molecular weight is 248 g/mol. The van der Waals surface area contributed by atoms with Crippen LogP contribution in [0.25, 0.3) is 0 Å². The third-order valence-corrected chi connectivity index (χ3v) is 3.65. The second-order valence-electron chi connectivity index (χ2n) is 3.87. The van der Waals surface area contributed by atoms with Crippen molar-refractivity contribution in [1.29, 1.82) is 0 Å². The van der Waals surface area contributed by atoms with E-state index in [1.54, 1.807) is 0 Å². The molecule has 86 valence electrons. The predicted octanol–water partition coefficient (Wildman–Crippen LogP) is 3.63. The summed E-state index contributed by atoms with van der Waals surface area (Å²) in [5, 5.41) is 0.311. The van der Waals surface area contributed by atoms with Gasteiger partial charge in [-0.3, -0.25) is 4.79 Å². The highest BCUT2D eigenvalue weighted by Gasteiger charge is 2.17. The summed E-state index contributed by atoms with van der Waals surface area (Å²) < 4.78 is 4.12. The smallest absolute Gasteiger partial charge is 0.189 e. The maximum absolute atomic E-state index is 11.2. The molecular weight excluding hydrogens is 230 g/mol. The number of hydrogen-bond donors (Lipinski definition) is 0. The number of nitrogens with zero attached hydrogens (tertiary/aromatic N) is 1. The van der Waals surface area contributed by atoms with Gasteiger partial charge in [-0.15, -0.1) is 11.6 Å². The molecule has 1 atom stereocenters. The number of Topliss-reactive ketones (excluding diaryl/α,β-unsaturated/α-hetero) is 1. The molecule has 0 saturated heterocycles. The topological polar surface area (TPSA) is 29.4 Å². The van der Waals surface area contributed by atoms with E-state index in [0.717, 1.165) is 44.2 Å². The number of unbranched alkanes of at least 4 members (excludes halogenated alkanes) is 1. The van der Waals surface area contributed by atoms with Crippen LogP contribution in [0.15, 0.2) is 4.40 Å². The molecule has 0 N–H and O–H groups in total. The van der Waals surface area contributed by atoms with E-state index in [-0.39, 0.29) is 5.78 Å². The summed E-state index contributed by atoms with van der Waals surface area (Å²) in [6.07, 6.45) is 6.28. The lowest BCUT2D eigenvalue weighted by molar-refractivity contribution is -0.110. The van der Waals surface area contributed by atoms with Gasteiger partial charge >= 0.3 is 0 Å². The van der Waals surface area contributed by atoms with E-state index < -0.39 is 0 Å². The minimum absolute atomic E-state index is 0.219. The molecule has 0 fully saturated rings. The maximum Gasteiger partial charge on any atom is 0.189 e. The minimum Gasteiger partial charge on any atom is -0.292 e. The van der Waals surface area contributed by atoms with Crippen LogP contribution in [0, 0.1) is 0 Å². The first kappa shape index (κ1) is 13.0. The van der Waals surface area contributed by atoms with Crippen LogP contribution in [0.2, 0.25) is 0 Å². The van der Waals surface area contributed by atoms with Crippen molar-refractivity contribution in [2.75, 3.05) is 5.75 Å². The Hall–Kier alpha value is -0.0200. The Morgan fingerprint density at radius 1 is 1.47 bits per heavy atom. The van der Waals surface area contributed by atoms with Crippen molar-refractivity contribution in [3.8, 4) is 0 Å². The highest BCUT2D eigenvalue weighted by atomic mass is 35.5. The molecule has 0 amide bonds. The molecule has 15 heavy (non-hydrogen) atoms. The van der Waals surface area contributed by atoms with Gasteiger partial charge in [-0.1, -0.05) is 19.8 Å². The fourth-order valence-corrected chi connectivity index (χ4v) is 2.67. The maximum atomic E-state index is 11.2. The number of carbonyl (C=O) groups excluding carboxylic acids is 1. The summed E-state index contributed by atoms with van der Waals surface area (Å²) in [5.74, 6) is 0.763. The highest BCUT2D eigenvalue weighted by molar-refractivity contribution is 7.99. The van der Waals surface area contributed by atoms with Crippen LogP contribution in [0.1, 0.15) is 45.4 Å². The fourth-order valence-electron chi connectivity index (χ4n) is 1.60. The predicted molar refractivity (Wildman–Crippen MR) is 67.9 cm³/mol. The Kier molecular flexibility index (Phi) is 6.34. The fraction of sp³-hybridized carbons (Fsp3) is 0.818. The molecule has 0 bridgehead atoms. The summed E-state index contributed by atoms with van der Waals surface area (Å²) in [5.41, 5.74) is 0.779. The third kappa shape index (κ3) is 5.03. The van der Waals surface area contributed by atoms with Gasteiger partial charge in [-0.25, -0.2) is 4.40 Å². The van der Waals surface area contributed by atoms with Crippen molar-refractivity contribution < 1.29 is 4.79 Å². The van der Waals surface area contributed by atoms with Gasteiger partial charge in [-0.05, 0) is 37.6 Å². The Labute approximate surface area is 101 Å². The van der Waals surface area contributed by atoms with Crippen LogP contribution in [0.5, 0.6) is 0 Å². The van der Waals surface area contributed by atoms with Crippen molar-refractivity contribution in [3.05, 3.63) is 0 Å². The van der Waals surface area contributed by atoms with Gasteiger partial charge < -0.3 is 0 Å². The molecule has 1 unspecified atom stereocenters. The molecule has 0 spiro atoms. The summed E-state index contributed by atoms with van der Waals surface area (Å²) in [6, 6.07) is 0. The number of alkyl halides is 1. The van der Waals surface area contributed by atoms with Gasteiger partial charge in [0.2, 0.25) is 0 Å². The first-order valence-electron chi connectivity index (χ1n) is 5.60. The van der Waals surface area contributed by atoms with Crippen LogP contribution in [0.4, 0.5) is 0 Å². The molecule has 1 aliphatic heterocycles. The number of halogens is 1. The standard InChI is InChI=1S/C11H18ClNOS/c1-2-5-9(12)6-3-4-7-10-11(14)8-15-13-10/h9H,2-8H2,1H3. The van der Waals surface area contributed by atoms with Gasteiger partial charge in [0.25, 0.3) is 0 Å². The molecule has 2 nitrogen and oxygen atoms in total. The number of rotatable bonds is 7. The van der Waals surface area contributed by atoms with E-state index in [2.05, 4.69) is 11.3 Å². The van der Waals surface area contributed by atoms with E-state index in [4.69, 9.17) is 11.6 Å². The molecule has 4 heteroatoms. The summed E-state index contributed by atoms with van der Waals surface area (Å²) in [6.45, 7) is 2.15. The van der Waals surface area contributed by atoms with Crippen molar-refractivity contribution >= 4 is 35.0 Å². The minimum atomic E-state index is 0.219. The van der Waals surface area contributed by atoms with E-state index in [1.807, 2.05) is 0 Å². The first-order valence-corrected chi connectivity index (χ1v) is 6.98. The zero-order chi connectivity index (χ0) is 11.1. The van der Waals surface area contributed by atoms with Crippen LogP contribution in [0.3, 0.4) is 0 Å². The average Bonchev–Trinajstić information content (AvgIpc) is 2.60. The van der Waals surface area contributed by atoms with E-state index in [9.17, 15) is 4.79 Å². The molecule has 0 saturated carbocycles. The normalized spacial score (nSPS) is 18.0. The van der Waals surface area contributed by atoms with E-state index in [0.29, 0.717) is 11.1 Å². The van der Waals surface area contributed by atoms with Crippen LogP contribution < -0.4 is 0 Å². The van der Waals surface area contributed by atoms with E-state index >= 15 is 0 Å². The van der Waals surface area contributed by atoms with Gasteiger partial charge in [0.05, 0.1) is 11.5 Å². The number of hydrogen-bond acceptors (Lipinski definition) is 3. The summed E-state index contributed by atoms with van der Waals surface area (Å²) in [4.78, 5) is 11.2. The Morgan fingerprint density at radius 3 is 2.87 bits per heavy atom. The molecule has 0 aromatic heterocycles. The molecule has 0 radical (unpaired) electrons. The monoisotopic (exact) mass is 247 g/mol.